The molecule has 0 bridgehead atoms. The number of benzene rings is 1. The van der Waals surface area contributed by atoms with Gasteiger partial charge in [-0.05, 0) is 12.1 Å². The topological polar surface area (TPSA) is 53.0 Å². The number of anilines is 1. The van der Waals surface area contributed by atoms with E-state index in [9.17, 15) is 13.6 Å². The molecule has 0 spiro atoms. The van der Waals surface area contributed by atoms with Gasteiger partial charge in [0.25, 0.3) is 5.91 Å². The summed E-state index contributed by atoms with van der Waals surface area (Å²) < 4.78 is 25.6. The second-order valence-electron chi connectivity index (χ2n) is 2.92. The summed E-state index contributed by atoms with van der Waals surface area (Å²) >= 11 is 10.9. The molecule has 0 fully saturated rings. The molecule has 0 atom stereocenters. The van der Waals surface area contributed by atoms with Crippen LogP contribution in [0.25, 0.3) is 0 Å². The highest BCUT2D eigenvalue weighted by Crippen LogP contribution is 2.17. The lowest BCUT2D eigenvalue weighted by Gasteiger charge is -2.05. The van der Waals surface area contributed by atoms with E-state index < -0.39 is 22.6 Å². The van der Waals surface area contributed by atoms with Gasteiger partial charge >= 0.3 is 0 Å². The molecule has 0 unspecified atom stereocenters. The van der Waals surface area contributed by atoms with Gasteiger partial charge in [-0.1, -0.05) is 23.2 Å². The normalized spacial score (nSPS) is 11.8. The lowest BCUT2D eigenvalue weighted by atomic mass is 10.3. The smallest absolute Gasteiger partial charge is 0.268 e. The highest BCUT2D eigenvalue weighted by Gasteiger charge is 2.12. The Labute approximate surface area is 106 Å². The third-order valence-corrected chi connectivity index (χ3v) is 2.43. The predicted octanol–water partition coefficient (Wildman–Crippen LogP) is 3.24. The van der Waals surface area contributed by atoms with Gasteiger partial charge in [0.2, 0.25) is 0 Å². The number of hydrogen-bond acceptors (Lipinski definition) is 2. The van der Waals surface area contributed by atoms with E-state index in [-0.39, 0.29) is 10.7 Å². The van der Waals surface area contributed by atoms with E-state index in [0.29, 0.717) is 12.3 Å². The Bertz CT molecular complexity index is 483. The SMILES string of the molecule is N=C/C(Cl)=C(/Cl)C(=O)Nc1cc(F)cc(F)c1. The molecule has 0 aliphatic carbocycles. The summed E-state index contributed by atoms with van der Waals surface area (Å²) in [6, 6.07) is 2.50. The minimum atomic E-state index is -0.856. The van der Waals surface area contributed by atoms with Gasteiger partial charge in [-0.25, -0.2) is 8.78 Å². The first kappa shape index (κ1) is 13.6. The van der Waals surface area contributed by atoms with Crippen LogP contribution in [-0.4, -0.2) is 12.1 Å². The first-order valence-corrected chi connectivity index (χ1v) is 5.03. The Morgan fingerprint density at radius 1 is 1.24 bits per heavy atom. The minimum Gasteiger partial charge on any atom is -0.321 e. The van der Waals surface area contributed by atoms with Crippen molar-refractivity contribution in [1.82, 2.24) is 0 Å². The van der Waals surface area contributed by atoms with Crippen LogP contribution in [-0.2, 0) is 4.79 Å². The number of hydrogen-bond donors (Lipinski definition) is 2. The average Bonchev–Trinajstić information content (AvgIpc) is 2.25. The molecule has 7 heteroatoms. The summed E-state index contributed by atoms with van der Waals surface area (Å²) in [5.41, 5.74) is -0.0971. The Morgan fingerprint density at radius 2 is 1.76 bits per heavy atom. The van der Waals surface area contributed by atoms with E-state index >= 15 is 0 Å². The van der Waals surface area contributed by atoms with Gasteiger partial charge in [-0.15, -0.1) is 0 Å². The summed E-state index contributed by atoms with van der Waals surface area (Å²) in [4.78, 5) is 11.4. The molecule has 2 N–H and O–H groups in total. The molecule has 0 aliphatic heterocycles. The molecule has 1 aromatic rings. The van der Waals surface area contributed by atoms with Crippen molar-refractivity contribution >= 4 is 41.0 Å². The molecule has 0 aliphatic rings. The van der Waals surface area contributed by atoms with Crippen LogP contribution in [0.1, 0.15) is 0 Å². The first-order chi connectivity index (χ1) is 7.93. The second-order valence-corrected chi connectivity index (χ2v) is 3.70. The number of halogens is 4. The molecule has 0 saturated heterocycles. The van der Waals surface area contributed by atoms with Crippen LogP contribution in [0.15, 0.2) is 28.3 Å². The molecule has 1 amide bonds. The fourth-order valence-corrected chi connectivity index (χ4v) is 1.17. The number of rotatable bonds is 3. The van der Waals surface area contributed by atoms with Gasteiger partial charge in [0.05, 0.1) is 5.03 Å². The number of amides is 1. The first-order valence-electron chi connectivity index (χ1n) is 4.27. The average molecular weight is 279 g/mol. The molecular formula is C10H6Cl2F2N2O. The van der Waals surface area contributed by atoms with Crippen molar-refractivity contribution in [2.75, 3.05) is 5.32 Å². The summed E-state index contributed by atoms with van der Waals surface area (Å²) in [6.45, 7) is 0. The van der Waals surface area contributed by atoms with Gasteiger partial charge in [0.15, 0.2) is 0 Å². The minimum absolute atomic E-state index is 0.0971. The van der Waals surface area contributed by atoms with E-state index in [1.807, 2.05) is 0 Å². The lowest BCUT2D eigenvalue weighted by molar-refractivity contribution is -0.112. The molecule has 0 heterocycles. The van der Waals surface area contributed by atoms with Crippen molar-refractivity contribution in [3.05, 3.63) is 39.9 Å². The van der Waals surface area contributed by atoms with Crippen LogP contribution in [0.3, 0.4) is 0 Å². The molecular weight excluding hydrogens is 273 g/mol. The highest BCUT2D eigenvalue weighted by molar-refractivity contribution is 6.53. The zero-order valence-electron chi connectivity index (χ0n) is 8.23. The molecule has 0 aromatic heterocycles. The van der Waals surface area contributed by atoms with Crippen molar-refractivity contribution in [2.45, 2.75) is 0 Å². The van der Waals surface area contributed by atoms with Gasteiger partial charge < -0.3 is 10.7 Å². The third-order valence-electron chi connectivity index (χ3n) is 1.66. The summed E-state index contributed by atoms with van der Waals surface area (Å²) in [5.74, 6) is -2.53. The fourth-order valence-electron chi connectivity index (χ4n) is 0.984. The molecule has 3 nitrogen and oxygen atoms in total. The zero-order valence-corrected chi connectivity index (χ0v) is 9.74. The molecule has 17 heavy (non-hydrogen) atoms. The quantitative estimate of drug-likeness (QED) is 0.647. The Hall–Kier alpha value is -1.46. The number of allylic oxidation sites excluding steroid dienone is 1. The Morgan fingerprint density at radius 3 is 2.24 bits per heavy atom. The molecule has 90 valence electrons. The van der Waals surface area contributed by atoms with Crippen molar-refractivity contribution < 1.29 is 13.6 Å². The fraction of sp³-hybridized carbons (Fsp3) is 0. The van der Waals surface area contributed by atoms with Crippen LogP contribution < -0.4 is 5.32 Å². The lowest BCUT2D eigenvalue weighted by Crippen LogP contribution is -2.13. The maximum atomic E-state index is 12.8. The summed E-state index contributed by atoms with van der Waals surface area (Å²) in [6.07, 6.45) is 0.676. The van der Waals surface area contributed by atoms with Crippen LogP contribution >= 0.6 is 23.2 Å². The Kier molecular flexibility index (Phi) is 4.60. The van der Waals surface area contributed by atoms with Gasteiger partial charge in [-0.2, -0.15) is 0 Å². The summed E-state index contributed by atoms with van der Waals surface area (Å²) in [7, 11) is 0. The molecule has 0 radical (unpaired) electrons. The van der Waals surface area contributed by atoms with Crippen LogP contribution in [0.4, 0.5) is 14.5 Å². The second kappa shape index (κ2) is 5.75. The van der Waals surface area contributed by atoms with Crippen molar-refractivity contribution in [3.8, 4) is 0 Å². The largest absolute Gasteiger partial charge is 0.321 e. The van der Waals surface area contributed by atoms with Crippen LogP contribution in [0, 0.1) is 17.0 Å². The third kappa shape index (κ3) is 3.80. The standard InChI is InChI=1S/C10H6Cl2F2N2O/c11-8(4-15)9(12)10(17)16-7-2-5(13)1-6(14)3-7/h1-4,15H,(H,16,17)/b9-8-,15-4?. The van der Waals surface area contributed by atoms with Gasteiger partial charge in [-0.3, -0.25) is 4.79 Å². The van der Waals surface area contributed by atoms with Crippen LogP contribution in [0.5, 0.6) is 0 Å². The van der Waals surface area contributed by atoms with E-state index in [1.54, 1.807) is 0 Å². The maximum Gasteiger partial charge on any atom is 0.268 e. The Balaban J connectivity index is 2.92. The van der Waals surface area contributed by atoms with E-state index in [4.69, 9.17) is 28.6 Å². The summed E-state index contributed by atoms with van der Waals surface area (Å²) in [5, 5.41) is 8.21. The maximum absolute atomic E-state index is 12.8. The van der Waals surface area contributed by atoms with Crippen LogP contribution in [0.2, 0.25) is 0 Å². The van der Waals surface area contributed by atoms with Crippen molar-refractivity contribution in [1.29, 1.82) is 5.41 Å². The predicted molar refractivity (Wildman–Crippen MR) is 62.5 cm³/mol. The van der Waals surface area contributed by atoms with E-state index in [0.717, 1.165) is 12.1 Å². The number of carbonyl (C=O) groups is 1. The highest BCUT2D eigenvalue weighted by atomic mass is 35.5. The van der Waals surface area contributed by atoms with Gasteiger partial charge in [0, 0.05) is 18.0 Å². The molecule has 1 rings (SSSR count). The van der Waals surface area contributed by atoms with Crippen molar-refractivity contribution in [2.24, 2.45) is 0 Å². The van der Waals surface area contributed by atoms with E-state index in [2.05, 4.69) is 5.32 Å². The van der Waals surface area contributed by atoms with Gasteiger partial charge in [0.1, 0.15) is 16.7 Å². The van der Waals surface area contributed by atoms with E-state index in [1.165, 1.54) is 0 Å². The number of nitrogens with one attached hydrogen (secondary N) is 2. The number of carbonyl (C=O) groups excluding carboxylic acids is 1. The molecule has 1 aromatic carbocycles. The zero-order chi connectivity index (χ0) is 13.0. The molecule has 0 saturated carbocycles. The monoisotopic (exact) mass is 278 g/mol. The van der Waals surface area contributed by atoms with Crippen molar-refractivity contribution in [3.63, 3.8) is 0 Å².